The molecular weight excluding hydrogens is 257 g/mol. The lowest BCUT2D eigenvalue weighted by Crippen LogP contribution is -2.36. The van der Waals surface area contributed by atoms with Gasteiger partial charge in [-0.25, -0.2) is 0 Å². The average molecular weight is 270 g/mol. The zero-order valence-electron chi connectivity index (χ0n) is 10.5. The maximum Gasteiger partial charge on any atom is 0.471 e. The number of carbonyl (C=O) groups is 1. The molecule has 0 saturated carbocycles. The summed E-state index contributed by atoms with van der Waals surface area (Å²) in [5.41, 5.74) is 1.67. The molecule has 0 saturated heterocycles. The molecule has 19 heavy (non-hydrogen) atoms. The first-order chi connectivity index (χ1) is 8.80. The number of hydrogen-bond acceptors (Lipinski definition) is 2. The Balaban J connectivity index is 2.53. The molecule has 1 rings (SSSR count). The molecular formula is C13H13F3N2O. The van der Waals surface area contributed by atoms with Gasteiger partial charge in [-0.15, -0.1) is 0 Å². The number of alkyl halides is 3. The minimum absolute atomic E-state index is 0.340. The minimum atomic E-state index is -4.87. The van der Waals surface area contributed by atoms with Crippen LogP contribution in [-0.4, -0.2) is 32.7 Å². The minimum Gasteiger partial charge on any atom is -0.378 e. The molecule has 1 amide bonds. The standard InChI is InChI=1S/C13H13F3N2O/c1-18(2)11-7-5-10(6-8-11)4-3-9-17-12(19)13(14,15)16/h5-8H,9H2,1-2H3,(H,17,19). The van der Waals surface area contributed by atoms with Crippen molar-refractivity contribution in [2.75, 3.05) is 25.5 Å². The molecule has 1 aromatic rings. The normalized spacial score (nSPS) is 10.4. The fourth-order valence-corrected chi connectivity index (χ4v) is 1.21. The largest absolute Gasteiger partial charge is 0.471 e. The number of benzene rings is 1. The smallest absolute Gasteiger partial charge is 0.378 e. The SMILES string of the molecule is CN(C)c1ccc(C#CCNC(=O)C(F)(F)F)cc1. The number of nitrogens with zero attached hydrogens (tertiary/aromatic N) is 1. The Hall–Kier alpha value is -2.16. The first-order valence-corrected chi connectivity index (χ1v) is 5.42. The molecule has 102 valence electrons. The maximum absolute atomic E-state index is 11.9. The summed E-state index contributed by atoms with van der Waals surface area (Å²) in [6.07, 6.45) is -4.87. The van der Waals surface area contributed by atoms with Crippen molar-refractivity contribution >= 4 is 11.6 Å². The predicted octanol–water partition coefficient (Wildman–Crippen LogP) is 1.78. The first-order valence-electron chi connectivity index (χ1n) is 5.42. The van der Waals surface area contributed by atoms with E-state index in [1.54, 1.807) is 17.4 Å². The van der Waals surface area contributed by atoms with Crippen LogP contribution in [0.2, 0.25) is 0 Å². The molecule has 0 heterocycles. The lowest BCUT2D eigenvalue weighted by atomic mass is 10.2. The van der Waals surface area contributed by atoms with Crippen molar-refractivity contribution in [2.24, 2.45) is 0 Å². The van der Waals surface area contributed by atoms with Gasteiger partial charge in [0.2, 0.25) is 0 Å². The van der Waals surface area contributed by atoms with E-state index in [-0.39, 0.29) is 6.54 Å². The zero-order valence-corrected chi connectivity index (χ0v) is 10.5. The molecule has 6 heteroatoms. The van der Waals surface area contributed by atoms with E-state index in [0.717, 1.165) is 5.69 Å². The first kappa shape index (κ1) is 14.9. The highest BCUT2D eigenvalue weighted by atomic mass is 19.4. The van der Waals surface area contributed by atoms with Gasteiger partial charge in [0, 0.05) is 25.3 Å². The van der Waals surface area contributed by atoms with Crippen LogP contribution in [0.3, 0.4) is 0 Å². The maximum atomic E-state index is 11.9. The number of halogens is 3. The van der Waals surface area contributed by atoms with Crippen molar-refractivity contribution in [1.29, 1.82) is 0 Å². The van der Waals surface area contributed by atoms with Crippen LogP contribution in [0.4, 0.5) is 18.9 Å². The molecule has 3 nitrogen and oxygen atoms in total. The van der Waals surface area contributed by atoms with Gasteiger partial charge in [-0.1, -0.05) is 11.8 Å². The lowest BCUT2D eigenvalue weighted by Gasteiger charge is -2.11. The fraction of sp³-hybridized carbons (Fsp3) is 0.308. The molecule has 0 fully saturated rings. The van der Waals surface area contributed by atoms with E-state index in [0.29, 0.717) is 5.56 Å². The number of anilines is 1. The summed E-state index contributed by atoms with van der Waals surface area (Å²) < 4.78 is 35.6. The van der Waals surface area contributed by atoms with Crippen LogP contribution in [0.15, 0.2) is 24.3 Å². The third-order valence-electron chi connectivity index (χ3n) is 2.21. The van der Waals surface area contributed by atoms with Crippen LogP contribution < -0.4 is 10.2 Å². The molecule has 0 aromatic heterocycles. The highest BCUT2D eigenvalue weighted by Gasteiger charge is 2.38. The van der Waals surface area contributed by atoms with Gasteiger partial charge in [0.25, 0.3) is 0 Å². The highest BCUT2D eigenvalue weighted by molar-refractivity contribution is 5.81. The Morgan fingerprint density at radius 1 is 1.26 bits per heavy atom. The van der Waals surface area contributed by atoms with Crippen LogP contribution in [0.1, 0.15) is 5.56 Å². The monoisotopic (exact) mass is 270 g/mol. The van der Waals surface area contributed by atoms with Crippen molar-refractivity contribution in [2.45, 2.75) is 6.18 Å². The molecule has 0 bridgehead atoms. The van der Waals surface area contributed by atoms with Crippen molar-refractivity contribution in [1.82, 2.24) is 5.32 Å². The quantitative estimate of drug-likeness (QED) is 0.831. The Morgan fingerprint density at radius 2 is 1.84 bits per heavy atom. The second-order valence-electron chi connectivity index (χ2n) is 3.92. The summed E-state index contributed by atoms with van der Waals surface area (Å²) in [4.78, 5) is 12.4. The summed E-state index contributed by atoms with van der Waals surface area (Å²) in [6, 6.07) is 7.21. The molecule has 0 unspecified atom stereocenters. The van der Waals surface area contributed by atoms with Gasteiger partial charge in [-0.05, 0) is 24.3 Å². The van der Waals surface area contributed by atoms with Gasteiger partial charge < -0.3 is 10.2 Å². The molecule has 0 aliphatic rings. The molecule has 0 aliphatic carbocycles. The van der Waals surface area contributed by atoms with Crippen LogP contribution in [0.5, 0.6) is 0 Å². The number of carbonyl (C=O) groups excluding carboxylic acids is 1. The Labute approximate surface area is 109 Å². The van der Waals surface area contributed by atoms with E-state index >= 15 is 0 Å². The van der Waals surface area contributed by atoms with Gasteiger partial charge in [-0.3, -0.25) is 4.79 Å². The molecule has 0 spiro atoms. The van der Waals surface area contributed by atoms with E-state index in [9.17, 15) is 18.0 Å². The fourth-order valence-electron chi connectivity index (χ4n) is 1.21. The van der Waals surface area contributed by atoms with Gasteiger partial charge >= 0.3 is 12.1 Å². The van der Waals surface area contributed by atoms with Gasteiger partial charge in [0.05, 0.1) is 6.54 Å². The summed E-state index contributed by atoms with van der Waals surface area (Å²) in [5.74, 6) is 3.14. The summed E-state index contributed by atoms with van der Waals surface area (Å²) in [5, 5.41) is 1.68. The van der Waals surface area contributed by atoms with Crippen LogP contribution >= 0.6 is 0 Å². The number of amides is 1. The topological polar surface area (TPSA) is 32.3 Å². The summed E-state index contributed by atoms with van der Waals surface area (Å²) in [6.45, 7) is -0.340. The highest BCUT2D eigenvalue weighted by Crippen LogP contribution is 2.13. The van der Waals surface area contributed by atoms with E-state index in [1.807, 2.05) is 31.1 Å². The molecule has 1 N–H and O–H groups in total. The lowest BCUT2D eigenvalue weighted by molar-refractivity contribution is -0.173. The van der Waals surface area contributed by atoms with Crippen molar-refractivity contribution in [3.8, 4) is 11.8 Å². The van der Waals surface area contributed by atoms with Gasteiger partial charge in [-0.2, -0.15) is 13.2 Å². The van der Waals surface area contributed by atoms with Gasteiger partial charge in [0.1, 0.15) is 0 Å². The Kier molecular flexibility index (Phi) is 4.81. The van der Waals surface area contributed by atoms with Crippen molar-refractivity contribution in [3.63, 3.8) is 0 Å². The summed E-state index contributed by atoms with van der Waals surface area (Å²) >= 11 is 0. The number of hydrogen-bond donors (Lipinski definition) is 1. The number of nitrogens with one attached hydrogen (secondary N) is 1. The predicted molar refractivity (Wildman–Crippen MR) is 66.7 cm³/mol. The van der Waals surface area contributed by atoms with Crippen LogP contribution in [0.25, 0.3) is 0 Å². The number of rotatable bonds is 2. The van der Waals surface area contributed by atoms with Crippen molar-refractivity contribution in [3.05, 3.63) is 29.8 Å². The second kappa shape index (κ2) is 6.14. The Bertz CT molecular complexity index is 495. The zero-order chi connectivity index (χ0) is 14.5. The second-order valence-corrected chi connectivity index (χ2v) is 3.92. The van der Waals surface area contributed by atoms with Gasteiger partial charge in [0.15, 0.2) is 0 Å². The van der Waals surface area contributed by atoms with Crippen LogP contribution in [-0.2, 0) is 4.79 Å². The molecule has 0 aliphatic heterocycles. The van der Waals surface area contributed by atoms with E-state index in [2.05, 4.69) is 11.8 Å². The molecule has 1 aromatic carbocycles. The summed E-state index contributed by atoms with van der Waals surface area (Å²) in [7, 11) is 3.79. The third-order valence-corrected chi connectivity index (χ3v) is 2.21. The molecule has 0 atom stereocenters. The average Bonchev–Trinajstić information content (AvgIpc) is 2.33. The van der Waals surface area contributed by atoms with Crippen molar-refractivity contribution < 1.29 is 18.0 Å². The van der Waals surface area contributed by atoms with E-state index in [4.69, 9.17) is 0 Å². The van der Waals surface area contributed by atoms with Crippen LogP contribution in [0, 0.1) is 11.8 Å². The van der Waals surface area contributed by atoms with E-state index in [1.165, 1.54) is 0 Å². The van der Waals surface area contributed by atoms with E-state index < -0.39 is 12.1 Å². The third kappa shape index (κ3) is 4.92. The Morgan fingerprint density at radius 3 is 2.32 bits per heavy atom. The molecule has 0 radical (unpaired) electrons.